The molecule has 0 amide bonds. The van der Waals surface area contributed by atoms with Crippen LogP contribution < -0.4 is 0 Å². The van der Waals surface area contributed by atoms with Crippen molar-refractivity contribution in [2.45, 2.75) is 19.8 Å². The van der Waals surface area contributed by atoms with E-state index in [1.165, 1.54) is 0 Å². The minimum absolute atomic E-state index is 0.554. The van der Waals surface area contributed by atoms with Crippen LogP contribution in [-0.2, 0) is 6.42 Å². The lowest BCUT2D eigenvalue weighted by atomic mass is 10.1. The van der Waals surface area contributed by atoms with E-state index < -0.39 is 0 Å². The number of aromatic nitrogens is 2. The summed E-state index contributed by atoms with van der Waals surface area (Å²) in [5.74, 6) is 1.15. The summed E-state index contributed by atoms with van der Waals surface area (Å²) in [6.45, 7) is 1.76. The van der Waals surface area contributed by atoms with Gasteiger partial charge in [-0.15, -0.1) is 0 Å². The molecule has 86 valence electrons. The first-order valence-corrected chi connectivity index (χ1v) is 5.43. The summed E-state index contributed by atoms with van der Waals surface area (Å²) in [5, 5.41) is 16.0. The summed E-state index contributed by atoms with van der Waals surface area (Å²) in [4.78, 5) is 4.19. The highest BCUT2D eigenvalue weighted by atomic mass is 16.5. The summed E-state index contributed by atoms with van der Waals surface area (Å²) in [5.41, 5.74) is 3.85. The zero-order valence-electron chi connectivity index (χ0n) is 9.34. The van der Waals surface area contributed by atoms with Crippen molar-refractivity contribution in [2.75, 3.05) is 0 Å². The second-order valence-corrected chi connectivity index (χ2v) is 4.06. The van der Waals surface area contributed by atoms with Crippen LogP contribution in [0.25, 0.3) is 11.4 Å². The number of hydrogen-bond donors (Lipinski definition) is 1. The molecule has 0 bridgehead atoms. The Hall–Kier alpha value is -2.17. The van der Waals surface area contributed by atoms with E-state index in [9.17, 15) is 0 Å². The molecule has 5 nitrogen and oxygen atoms in total. The Morgan fingerprint density at radius 2 is 2.24 bits per heavy atom. The normalized spacial score (nSPS) is 16.4. The van der Waals surface area contributed by atoms with Gasteiger partial charge in [0.1, 0.15) is 0 Å². The summed E-state index contributed by atoms with van der Waals surface area (Å²) in [6.07, 6.45) is 1.67. The number of nitrogens with zero attached hydrogens (tertiary/aromatic N) is 3. The first-order chi connectivity index (χ1) is 8.28. The van der Waals surface area contributed by atoms with Gasteiger partial charge in [0.05, 0.1) is 5.71 Å². The topological polar surface area (TPSA) is 71.5 Å². The maximum atomic E-state index is 8.85. The molecule has 3 rings (SSSR count). The van der Waals surface area contributed by atoms with Crippen LogP contribution in [0.3, 0.4) is 0 Å². The number of oxime groups is 1. The average Bonchev–Trinajstić information content (AvgIpc) is 2.94. The van der Waals surface area contributed by atoms with Crippen molar-refractivity contribution >= 4 is 5.71 Å². The second-order valence-electron chi connectivity index (χ2n) is 4.06. The largest absolute Gasteiger partial charge is 0.411 e. The Bertz CT molecular complexity index is 602. The van der Waals surface area contributed by atoms with E-state index in [0.29, 0.717) is 11.7 Å². The standard InChI is InChI=1S/C12H11N3O2/c1-7-13-12(15-17-7)9-2-4-10-8(6-9)3-5-11(10)14-16/h2,4,6,16H,3,5H2,1H3. The fraction of sp³-hybridized carbons (Fsp3) is 0.250. The lowest BCUT2D eigenvalue weighted by Gasteiger charge is -2.00. The van der Waals surface area contributed by atoms with Crippen LogP contribution in [0.5, 0.6) is 0 Å². The molecule has 1 N–H and O–H groups in total. The van der Waals surface area contributed by atoms with E-state index in [0.717, 1.165) is 35.2 Å². The first-order valence-electron chi connectivity index (χ1n) is 5.43. The van der Waals surface area contributed by atoms with E-state index in [4.69, 9.17) is 9.73 Å². The molecule has 1 heterocycles. The van der Waals surface area contributed by atoms with Gasteiger partial charge in [-0.25, -0.2) is 0 Å². The zero-order chi connectivity index (χ0) is 11.8. The molecule has 0 aliphatic heterocycles. The maximum Gasteiger partial charge on any atom is 0.223 e. The fourth-order valence-electron chi connectivity index (χ4n) is 2.13. The lowest BCUT2D eigenvalue weighted by Crippen LogP contribution is -1.94. The van der Waals surface area contributed by atoms with Crippen LogP contribution in [-0.4, -0.2) is 21.1 Å². The molecule has 1 aromatic carbocycles. The number of rotatable bonds is 1. The predicted molar refractivity (Wildman–Crippen MR) is 61.1 cm³/mol. The minimum atomic E-state index is 0.554. The highest BCUT2D eigenvalue weighted by molar-refractivity contribution is 6.04. The minimum Gasteiger partial charge on any atom is -0.411 e. The monoisotopic (exact) mass is 229 g/mol. The molecule has 0 saturated carbocycles. The third-order valence-corrected chi connectivity index (χ3v) is 2.95. The van der Waals surface area contributed by atoms with Gasteiger partial charge >= 0.3 is 0 Å². The zero-order valence-corrected chi connectivity index (χ0v) is 9.34. The molecule has 0 spiro atoms. The molecule has 0 atom stereocenters. The van der Waals surface area contributed by atoms with E-state index in [-0.39, 0.29) is 0 Å². The van der Waals surface area contributed by atoms with Gasteiger partial charge in [0.25, 0.3) is 0 Å². The molecule has 0 fully saturated rings. The van der Waals surface area contributed by atoms with Crippen LogP contribution in [0.4, 0.5) is 0 Å². The quantitative estimate of drug-likeness (QED) is 0.600. The smallest absolute Gasteiger partial charge is 0.223 e. The molecule has 17 heavy (non-hydrogen) atoms. The van der Waals surface area contributed by atoms with Crippen LogP contribution >= 0.6 is 0 Å². The lowest BCUT2D eigenvalue weighted by molar-refractivity contribution is 0.318. The van der Waals surface area contributed by atoms with Gasteiger partial charge < -0.3 is 9.73 Å². The second kappa shape index (κ2) is 3.69. The molecule has 1 aromatic heterocycles. The van der Waals surface area contributed by atoms with Crippen LogP contribution in [0.2, 0.25) is 0 Å². The summed E-state index contributed by atoms with van der Waals surface area (Å²) < 4.78 is 4.96. The van der Waals surface area contributed by atoms with Crippen molar-refractivity contribution in [2.24, 2.45) is 5.16 Å². The Morgan fingerprint density at radius 1 is 1.35 bits per heavy atom. The molecule has 0 saturated heterocycles. The highest BCUT2D eigenvalue weighted by Crippen LogP contribution is 2.27. The van der Waals surface area contributed by atoms with Crippen molar-refractivity contribution in [3.05, 3.63) is 35.2 Å². The van der Waals surface area contributed by atoms with Crippen LogP contribution in [0.15, 0.2) is 27.9 Å². The molecule has 1 aliphatic carbocycles. The number of fused-ring (bicyclic) bond motifs is 1. The van der Waals surface area contributed by atoms with Gasteiger partial charge in [-0.1, -0.05) is 22.4 Å². The number of aryl methyl sites for hydroxylation is 2. The fourth-order valence-corrected chi connectivity index (χ4v) is 2.13. The van der Waals surface area contributed by atoms with Gasteiger partial charge in [0.15, 0.2) is 0 Å². The van der Waals surface area contributed by atoms with Crippen molar-refractivity contribution < 1.29 is 9.73 Å². The molecule has 0 unspecified atom stereocenters. The van der Waals surface area contributed by atoms with Crippen molar-refractivity contribution in [3.63, 3.8) is 0 Å². The van der Waals surface area contributed by atoms with E-state index >= 15 is 0 Å². The molecule has 5 heteroatoms. The number of hydrogen-bond acceptors (Lipinski definition) is 5. The molecular weight excluding hydrogens is 218 g/mol. The average molecular weight is 229 g/mol. The molecular formula is C12H11N3O2. The van der Waals surface area contributed by atoms with Crippen molar-refractivity contribution in [1.82, 2.24) is 10.1 Å². The van der Waals surface area contributed by atoms with Gasteiger partial charge in [0.2, 0.25) is 11.7 Å². The van der Waals surface area contributed by atoms with Gasteiger partial charge in [-0.05, 0) is 24.5 Å². The van der Waals surface area contributed by atoms with Crippen LogP contribution in [0.1, 0.15) is 23.4 Å². The SMILES string of the molecule is Cc1nc(-c2ccc3c(c2)CCC3=NO)no1. The van der Waals surface area contributed by atoms with E-state index in [2.05, 4.69) is 15.3 Å². The van der Waals surface area contributed by atoms with Crippen LogP contribution in [0, 0.1) is 6.92 Å². The third kappa shape index (κ3) is 1.60. The summed E-state index contributed by atoms with van der Waals surface area (Å²) >= 11 is 0. The first kappa shape index (κ1) is 10.0. The van der Waals surface area contributed by atoms with Gasteiger partial charge in [-0.2, -0.15) is 4.98 Å². The van der Waals surface area contributed by atoms with Gasteiger partial charge in [-0.3, -0.25) is 0 Å². The Labute approximate surface area is 97.8 Å². The third-order valence-electron chi connectivity index (χ3n) is 2.95. The molecule has 1 aliphatic rings. The Balaban J connectivity index is 2.06. The van der Waals surface area contributed by atoms with Crippen molar-refractivity contribution in [3.8, 4) is 11.4 Å². The highest BCUT2D eigenvalue weighted by Gasteiger charge is 2.19. The predicted octanol–water partition coefficient (Wildman–Crippen LogP) is 2.17. The van der Waals surface area contributed by atoms with Crippen molar-refractivity contribution in [1.29, 1.82) is 0 Å². The Morgan fingerprint density at radius 3 is 2.94 bits per heavy atom. The summed E-state index contributed by atoms with van der Waals surface area (Å²) in [7, 11) is 0. The molecule has 2 aromatic rings. The van der Waals surface area contributed by atoms with E-state index in [1.807, 2.05) is 18.2 Å². The Kier molecular flexibility index (Phi) is 2.18. The van der Waals surface area contributed by atoms with E-state index in [1.54, 1.807) is 6.92 Å². The number of benzene rings is 1. The molecule has 0 radical (unpaired) electrons. The van der Waals surface area contributed by atoms with Gasteiger partial charge in [0, 0.05) is 18.1 Å². The maximum absolute atomic E-state index is 8.85. The summed E-state index contributed by atoms with van der Waals surface area (Å²) in [6, 6.07) is 5.88.